The highest BCUT2D eigenvalue weighted by Gasteiger charge is 2.21. The first-order chi connectivity index (χ1) is 8.59. The van der Waals surface area contributed by atoms with Gasteiger partial charge in [-0.25, -0.2) is 0 Å². The first kappa shape index (κ1) is 15.7. The average molecular weight is 257 g/mol. The van der Waals surface area contributed by atoms with Gasteiger partial charge in [0, 0.05) is 12.6 Å². The van der Waals surface area contributed by atoms with Crippen molar-refractivity contribution in [3.8, 4) is 0 Å². The predicted octanol–water partition coefficient (Wildman–Crippen LogP) is 4.89. The molecule has 1 heteroatoms. The number of aliphatic imine (C=N–C) groups is 1. The molecule has 1 aromatic rings. The Morgan fingerprint density at radius 3 is 1.63 bits per heavy atom. The lowest BCUT2D eigenvalue weighted by atomic mass is 9.79. The molecule has 0 aliphatic heterocycles. The summed E-state index contributed by atoms with van der Waals surface area (Å²) in [6.45, 7) is 17.3. The van der Waals surface area contributed by atoms with Gasteiger partial charge in [0.25, 0.3) is 0 Å². The number of benzene rings is 1. The number of allylic oxidation sites excluding steroid dienone is 1. The van der Waals surface area contributed by atoms with Gasteiger partial charge in [0.1, 0.15) is 0 Å². The van der Waals surface area contributed by atoms with Crippen LogP contribution in [-0.2, 0) is 10.8 Å². The Labute approximate surface area is 118 Å². The summed E-state index contributed by atoms with van der Waals surface area (Å²) in [5.41, 5.74) is 5.08. The van der Waals surface area contributed by atoms with E-state index in [0.717, 1.165) is 11.3 Å². The summed E-state index contributed by atoms with van der Waals surface area (Å²) in [4.78, 5) is 4.32. The van der Waals surface area contributed by atoms with Gasteiger partial charge in [-0.3, -0.25) is 4.99 Å². The van der Waals surface area contributed by atoms with Crippen LogP contribution < -0.4 is 0 Å². The Bertz CT molecular complexity index is 461. The van der Waals surface area contributed by atoms with Crippen LogP contribution in [0.5, 0.6) is 0 Å². The molecule has 1 aromatic carbocycles. The highest BCUT2D eigenvalue weighted by atomic mass is 14.7. The molecular formula is C18H27N. The highest BCUT2D eigenvalue weighted by molar-refractivity contribution is 6.08. The first-order valence-electron chi connectivity index (χ1n) is 6.85. The summed E-state index contributed by atoms with van der Waals surface area (Å²) in [7, 11) is 1.82. The number of nitrogens with zero attached hydrogens (tertiary/aromatic N) is 1. The molecule has 0 unspecified atom stereocenters. The van der Waals surface area contributed by atoms with Crippen LogP contribution in [0, 0.1) is 0 Å². The molecule has 0 heterocycles. The van der Waals surface area contributed by atoms with Crippen molar-refractivity contribution >= 4 is 5.71 Å². The summed E-state index contributed by atoms with van der Waals surface area (Å²) in [6.07, 6.45) is 1.83. The van der Waals surface area contributed by atoms with E-state index in [1.165, 1.54) is 11.1 Å². The molecule has 0 N–H and O–H groups in total. The van der Waals surface area contributed by atoms with Crippen molar-refractivity contribution in [2.75, 3.05) is 7.05 Å². The van der Waals surface area contributed by atoms with Crippen LogP contribution >= 0.6 is 0 Å². The van der Waals surface area contributed by atoms with Crippen LogP contribution in [0.1, 0.15) is 58.2 Å². The molecule has 0 radical (unpaired) electrons. The van der Waals surface area contributed by atoms with E-state index < -0.39 is 0 Å². The van der Waals surface area contributed by atoms with Gasteiger partial charge < -0.3 is 0 Å². The van der Waals surface area contributed by atoms with Crippen LogP contribution in [0.15, 0.2) is 35.8 Å². The SMILES string of the molecule is C=C/C(=N\C)c1cc(C(C)(C)C)cc(C(C)(C)C)c1. The summed E-state index contributed by atoms with van der Waals surface area (Å²) in [6, 6.07) is 6.79. The van der Waals surface area contributed by atoms with Crippen LogP contribution in [0.2, 0.25) is 0 Å². The molecule has 1 nitrogen and oxygen atoms in total. The third-order valence-corrected chi connectivity index (χ3v) is 3.40. The average Bonchev–Trinajstić information content (AvgIpc) is 2.28. The molecule has 0 atom stereocenters. The fourth-order valence-corrected chi connectivity index (χ4v) is 1.98. The Morgan fingerprint density at radius 1 is 0.947 bits per heavy atom. The topological polar surface area (TPSA) is 12.4 Å². The third-order valence-electron chi connectivity index (χ3n) is 3.40. The molecule has 0 saturated heterocycles. The van der Waals surface area contributed by atoms with Crippen LogP contribution in [0.3, 0.4) is 0 Å². The number of hydrogen-bond acceptors (Lipinski definition) is 1. The van der Waals surface area contributed by atoms with Gasteiger partial charge in [-0.2, -0.15) is 0 Å². The monoisotopic (exact) mass is 257 g/mol. The molecule has 0 bridgehead atoms. The van der Waals surface area contributed by atoms with Crippen molar-refractivity contribution in [1.29, 1.82) is 0 Å². The summed E-state index contributed by atoms with van der Waals surface area (Å²) in [5.74, 6) is 0. The second-order valence-electron chi connectivity index (χ2n) is 7.11. The maximum Gasteiger partial charge on any atom is 0.0637 e. The van der Waals surface area contributed by atoms with Crippen LogP contribution in [0.4, 0.5) is 0 Å². The largest absolute Gasteiger partial charge is 0.288 e. The lowest BCUT2D eigenvalue weighted by Gasteiger charge is -2.26. The quantitative estimate of drug-likeness (QED) is 0.669. The van der Waals surface area contributed by atoms with E-state index in [4.69, 9.17) is 0 Å². The Kier molecular flexibility index (Phi) is 4.39. The molecule has 0 aromatic heterocycles. The number of hydrogen-bond donors (Lipinski definition) is 0. The predicted molar refractivity (Wildman–Crippen MR) is 86.5 cm³/mol. The lowest BCUT2D eigenvalue weighted by molar-refractivity contribution is 0.568. The molecule has 0 aliphatic rings. The van der Waals surface area contributed by atoms with Gasteiger partial charge in [-0.1, -0.05) is 54.2 Å². The van der Waals surface area contributed by atoms with E-state index in [-0.39, 0.29) is 10.8 Å². The summed E-state index contributed by atoms with van der Waals surface area (Å²) < 4.78 is 0. The van der Waals surface area contributed by atoms with Gasteiger partial charge >= 0.3 is 0 Å². The van der Waals surface area contributed by atoms with Crippen molar-refractivity contribution < 1.29 is 0 Å². The van der Waals surface area contributed by atoms with E-state index in [0.29, 0.717) is 0 Å². The molecule has 0 aliphatic carbocycles. The minimum Gasteiger partial charge on any atom is -0.288 e. The second-order valence-corrected chi connectivity index (χ2v) is 7.11. The smallest absolute Gasteiger partial charge is 0.0637 e. The molecule has 0 fully saturated rings. The van der Waals surface area contributed by atoms with Crippen molar-refractivity contribution in [3.05, 3.63) is 47.5 Å². The first-order valence-corrected chi connectivity index (χ1v) is 6.85. The molecule has 0 amide bonds. The molecule has 0 spiro atoms. The minimum atomic E-state index is 0.135. The molecule has 0 saturated carbocycles. The fraction of sp³-hybridized carbons (Fsp3) is 0.500. The van der Waals surface area contributed by atoms with E-state index >= 15 is 0 Å². The van der Waals surface area contributed by atoms with Crippen molar-refractivity contribution in [3.63, 3.8) is 0 Å². The maximum atomic E-state index is 4.32. The van der Waals surface area contributed by atoms with Gasteiger partial charge in [0.2, 0.25) is 0 Å². The molecule has 104 valence electrons. The standard InChI is InChI=1S/C18H27N/c1-9-16(19-8)13-10-14(17(2,3)4)12-15(11-13)18(5,6)7/h9-12H,1H2,2-8H3/b19-16+. The zero-order valence-electron chi connectivity index (χ0n) is 13.5. The molecule has 19 heavy (non-hydrogen) atoms. The van der Waals surface area contributed by atoms with E-state index in [9.17, 15) is 0 Å². The minimum absolute atomic E-state index is 0.135. The summed E-state index contributed by atoms with van der Waals surface area (Å²) >= 11 is 0. The number of rotatable bonds is 2. The Hall–Kier alpha value is -1.37. The van der Waals surface area contributed by atoms with Gasteiger partial charge in [0.05, 0.1) is 5.71 Å². The van der Waals surface area contributed by atoms with Crippen molar-refractivity contribution in [2.45, 2.75) is 52.4 Å². The lowest BCUT2D eigenvalue weighted by Crippen LogP contribution is -2.18. The second kappa shape index (κ2) is 5.32. The van der Waals surface area contributed by atoms with E-state index in [1.54, 1.807) is 0 Å². The van der Waals surface area contributed by atoms with Crippen LogP contribution in [-0.4, -0.2) is 12.8 Å². The highest BCUT2D eigenvalue weighted by Crippen LogP contribution is 2.30. The van der Waals surface area contributed by atoms with E-state index in [1.807, 2.05) is 13.1 Å². The maximum absolute atomic E-state index is 4.32. The summed E-state index contributed by atoms with van der Waals surface area (Å²) in [5, 5.41) is 0. The zero-order chi connectivity index (χ0) is 14.8. The molecular weight excluding hydrogens is 230 g/mol. The zero-order valence-corrected chi connectivity index (χ0v) is 13.5. The third kappa shape index (κ3) is 3.79. The van der Waals surface area contributed by atoms with Gasteiger partial charge in [0.15, 0.2) is 0 Å². The Balaban J connectivity index is 3.54. The van der Waals surface area contributed by atoms with Gasteiger partial charge in [-0.05, 0) is 40.2 Å². The van der Waals surface area contributed by atoms with E-state index in [2.05, 4.69) is 71.3 Å². The molecule has 1 rings (SSSR count). The van der Waals surface area contributed by atoms with Crippen molar-refractivity contribution in [2.24, 2.45) is 4.99 Å². The normalized spacial score (nSPS) is 13.5. The van der Waals surface area contributed by atoms with Crippen molar-refractivity contribution in [1.82, 2.24) is 0 Å². The van der Waals surface area contributed by atoms with Gasteiger partial charge in [-0.15, -0.1) is 0 Å². The fourth-order valence-electron chi connectivity index (χ4n) is 1.98. The Morgan fingerprint density at radius 2 is 1.37 bits per heavy atom. The van der Waals surface area contributed by atoms with Crippen LogP contribution in [0.25, 0.3) is 0 Å².